The van der Waals surface area contributed by atoms with Gasteiger partial charge in [0.05, 0.1) is 18.4 Å². The number of fused-ring (bicyclic) bond motifs is 1. The number of piperidine rings is 1. The summed E-state index contributed by atoms with van der Waals surface area (Å²) in [5, 5.41) is 9.73. The Morgan fingerprint density at radius 3 is 2.28 bits per heavy atom. The summed E-state index contributed by atoms with van der Waals surface area (Å²) in [5.41, 5.74) is -1.13. The van der Waals surface area contributed by atoms with Crippen LogP contribution in [0, 0.1) is 18.3 Å². The topological polar surface area (TPSA) is 123 Å². The number of amides is 2. The van der Waals surface area contributed by atoms with Gasteiger partial charge in [-0.3, -0.25) is 9.69 Å². The van der Waals surface area contributed by atoms with Crippen molar-refractivity contribution in [3.63, 3.8) is 0 Å². The van der Waals surface area contributed by atoms with E-state index in [-0.39, 0.29) is 21.7 Å². The Morgan fingerprint density at radius 1 is 0.935 bits per heavy atom. The van der Waals surface area contributed by atoms with Crippen molar-refractivity contribution >= 4 is 27.7 Å². The fourth-order valence-electron chi connectivity index (χ4n) is 6.80. The van der Waals surface area contributed by atoms with Gasteiger partial charge in [-0.1, -0.05) is 36.4 Å². The third-order valence-corrected chi connectivity index (χ3v) is 11.1. The fourth-order valence-corrected chi connectivity index (χ4v) is 8.40. The van der Waals surface area contributed by atoms with E-state index in [1.165, 1.54) is 37.4 Å². The Morgan fingerprint density at radius 2 is 1.61 bits per heavy atom. The molecule has 3 aromatic carbocycles. The first-order chi connectivity index (χ1) is 22.1. The summed E-state index contributed by atoms with van der Waals surface area (Å²) in [6, 6.07) is 19.6. The maximum absolute atomic E-state index is 14.9. The lowest BCUT2D eigenvalue weighted by Crippen LogP contribution is -2.55. The molecule has 2 saturated heterocycles. The summed E-state index contributed by atoms with van der Waals surface area (Å²) in [6.07, 6.45) is 1.43. The summed E-state index contributed by atoms with van der Waals surface area (Å²) in [6.45, 7) is 6.01. The molecule has 2 amide bonds. The van der Waals surface area contributed by atoms with Gasteiger partial charge in [-0.15, -0.1) is 0 Å². The average molecular weight is 644 g/mol. The zero-order valence-electron chi connectivity index (χ0n) is 26.2. The van der Waals surface area contributed by atoms with Gasteiger partial charge in [-0.25, -0.2) is 13.2 Å². The number of hydrogen-bond donors (Lipinski definition) is 0. The Kier molecular flexibility index (Phi) is 8.50. The summed E-state index contributed by atoms with van der Waals surface area (Å²) in [7, 11) is -1.05. The minimum Gasteiger partial charge on any atom is -0.497 e. The Balaban J connectivity index is 1.42. The van der Waals surface area contributed by atoms with Crippen molar-refractivity contribution in [2.75, 3.05) is 57.7 Å². The molecule has 0 radical (unpaired) electrons. The van der Waals surface area contributed by atoms with E-state index in [0.717, 1.165) is 25.9 Å². The summed E-state index contributed by atoms with van der Waals surface area (Å²) < 4.78 is 41.1. The number of carbonyl (C=O) groups is 2. The van der Waals surface area contributed by atoms with Crippen molar-refractivity contribution in [2.24, 2.45) is 0 Å². The predicted octanol–water partition coefficient (Wildman–Crippen LogP) is 3.70. The van der Waals surface area contributed by atoms with E-state index in [2.05, 4.69) is 16.8 Å². The largest absolute Gasteiger partial charge is 0.497 e. The molecule has 11 nitrogen and oxygen atoms in total. The SMILES string of the molecule is COc1ccc2c(c1)C(OC(=O)N1CCN(C3CCN(C)CC3)CC1)(c1ccccc1C)C(=O)N2S(=O)(=O)c1ccccc1C#N. The molecule has 0 N–H and O–H groups in total. The monoisotopic (exact) mass is 643 g/mol. The quantitative estimate of drug-likeness (QED) is 0.396. The normalized spacial score (nSPS) is 21.1. The minimum absolute atomic E-state index is 0.0154. The molecule has 0 aliphatic carbocycles. The van der Waals surface area contributed by atoms with Gasteiger partial charge in [0, 0.05) is 43.3 Å². The van der Waals surface area contributed by atoms with Crippen LogP contribution in [0.25, 0.3) is 0 Å². The van der Waals surface area contributed by atoms with Crippen LogP contribution >= 0.6 is 0 Å². The molecule has 3 aliphatic rings. The Hall–Kier alpha value is -4.44. The Bertz CT molecular complexity index is 1810. The van der Waals surface area contributed by atoms with Crippen molar-refractivity contribution in [2.45, 2.75) is 36.3 Å². The second kappa shape index (κ2) is 12.4. The molecule has 3 aromatic rings. The van der Waals surface area contributed by atoms with Gasteiger partial charge in [-0.05, 0) is 75.8 Å². The highest BCUT2D eigenvalue weighted by Crippen LogP contribution is 2.51. The van der Waals surface area contributed by atoms with E-state index in [9.17, 15) is 23.3 Å². The van der Waals surface area contributed by atoms with Gasteiger partial charge in [0.15, 0.2) is 0 Å². The number of rotatable bonds is 6. The van der Waals surface area contributed by atoms with Crippen LogP contribution < -0.4 is 9.04 Å². The number of benzene rings is 3. The number of anilines is 1. The van der Waals surface area contributed by atoms with E-state index in [1.54, 1.807) is 48.2 Å². The molecule has 1 unspecified atom stereocenters. The lowest BCUT2D eigenvalue weighted by atomic mass is 9.84. The van der Waals surface area contributed by atoms with E-state index in [4.69, 9.17) is 9.47 Å². The molecule has 3 heterocycles. The van der Waals surface area contributed by atoms with Crippen LogP contribution in [0.15, 0.2) is 71.6 Å². The molecule has 2 fully saturated rings. The van der Waals surface area contributed by atoms with Crippen molar-refractivity contribution in [3.05, 3.63) is 89.0 Å². The number of nitriles is 1. The van der Waals surface area contributed by atoms with Crippen LogP contribution in [0.5, 0.6) is 5.75 Å². The number of methoxy groups -OCH3 is 1. The number of piperazine rings is 1. The molecule has 46 heavy (non-hydrogen) atoms. The molecule has 0 aromatic heterocycles. The van der Waals surface area contributed by atoms with Crippen LogP contribution in [0.2, 0.25) is 0 Å². The molecule has 240 valence electrons. The second-order valence-electron chi connectivity index (χ2n) is 12.0. The summed E-state index contributed by atoms with van der Waals surface area (Å²) in [4.78, 5) is 35.0. The highest BCUT2D eigenvalue weighted by atomic mass is 32.2. The van der Waals surface area contributed by atoms with Gasteiger partial charge in [0.25, 0.3) is 15.9 Å². The molecule has 0 bridgehead atoms. The maximum atomic E-state index is 14.9. The van der Waals surface area contributed by atoms with Crippen molar-refractivity contribution in [1.82, 2.24) is 14.7 Å². The number of likely N-dealkylation sites (tertiary alicyclic amines) is 1. The number of sulfonamides is 1. The van der Waals surface area contributed by atoms with Crippen molar-refractivity contribution in [1.29, 1.82) is 5.26 Å². The molecular weight excluding hydrogens is 606 g/mol. The van der Waals surface area contributed by atoms with Gasteiger partial charge in [0.2, 0.25) is 5.60 Å². The van der Waals surface area contributed by atoms with Crippen LogP contribution in [0.4, 0.5) is 10.5 Å². The van der Waals surface area contributed by atoms with Gasteiger partial charge in [-0.2, -0.15) is 9.57 Å². The molecule has 0 spiro atoms. The van der Waals surface area contributed by atoms with E-state index in [0.29, 0.717) is 53.4 Å². The zero-order valence-corrected chi connectivity index (χ0v) is 27.0. The van der Waals surface area contributed by atoms with Crippen molar-refractivity contribution in [3.8, 4) is 11.8 Å². The van der Waals surface area contributed by atoms with E-state index >= 15 is 0 Å². The zero-order chi connectivity index (χ0) is 32.6. The average Bonchev–Trinajstić information content (AvgIpc) is 3.32. The van der Waals surface area contributed by atoms with Gasteiger partial charge >= 0.3 is 6.09 Å². The predicted molar refractivity (Wildman–Crippen MR) is 171 cm³/mol. The van der Waals surface area contributed by atoms with E-state index in [1.807, 2.05) is 6.07 Å². The minimum atomic E-state index is -4.63. The first-order valence-corrected chi connectivity index (χ1v) is 16.8. The fraction of sp³-hybridized carbons (Fsp3) is 0.382. The molecule has 0 saturated carbocycles. The Labute approximate surface area is 269 Å². The van der Waals surface area contributed by atoms with Gasteiger partial charge < -0.3 is 19.3 Å². The smallest absolute Gasteiger partial charge is 0.411 e. The number of carbonyl (C=O) groups excluding carboxylic acids is 2. The van der Waals surface area contributed by atoms with Crippen LogP contribution in [-0.2, 0) is 25.2 Å². The van der Waals surface area contributed by atoms with Crippen LogP contribution in [0.3, 0.4) is 0 Å². The highest BCUT2D eigenvalue weighted by molar-refractivity contribution is 7.93. The van der Waals surface area contributed by atoms with E-state index < -0.39 is 27.6 Å². The van der Waals surface area contributed by atoms with Crippen LogP contribution in [-0.4, -0.2) is 94.6 Å². The maximum Gasteiger partial charge on any atom is 0.411 e. The lowest BCUT2D eigenvalue weighted by molar-refractivity contribution is -0.132. The number of ether oxygens (including phenoxy) is 2. The van der Waals surface area contributed by atoms with Crippen LogP contribution in [0.1, 0.15) is 35.1 Å². The number of hydrogen-bond acceptors (Lipinski definition) is 9. The van der Waals surface area contributed by atoms with Crippen molar-refractivity contribution < 1.29 is 27.5 Å². The highest BCUT2D eigenvalue weighted by Gasteiger charge is 2.60. The third kappa shape index (κ3) is 5.28. The first kappa shape index (κ1) is 31.5. The van der Waals surface area contributed by atoms with Gasteiger partial charge in [0.1, 0.15) is 16.7 Å². The third-order valence-electron chi connectivity index (χ3n) is 9.35. The second-order valence-corrected chi connectivity index (χ2v) is 13.7. The first-order valence-electron chi connectivity index (χ1n) is 15.4. The summed E-state index contributed by atoms with van der Waals surface area (Å²) in [5.74, 6) is -0.625. The molecular formula is C34H37N5O6S. The number of nitrogens with zero attached hydrogens (tertiary/aromatic N) is 5. The molecule has 12 heteroatoms. The molecule has 6 rings (SSSR count). The molecule has 3 aliphatic heterocycles. The molecule has 1 atom stereocenters. The standard InChI is InChI=1S/C34H37N5O6S/c1-24-8-4-6-10-28(24)34(45-33(41)38-20-18-37(19-21-38)26-14-16-36(2)17-15-26)29-22-27(44-3)12-13-30(29)39(32(34)40)46(42,43)31-11-7-5-9-25(31)23-35/h4-13,22,26H,14-21H2,1-3H3. The number of aryl methyl sites for hydroxylation is 1. The summed E-state index contributed by atoms with van der Waals surface area (Å²) >= 11 is 0. The lowest BCUT2D eigenvalue weighted by Gasteiger charge is -2.42.